The summed E-state index contributed by atoms with van der Waals surface area (Å²) in [6.45, 7) is 4.84. The van der Waals surface area contributed by atoms with E-state index in [4.69, 9.17) is 11.6 Å². The molecule has 1 heterocycles. The van der Waals surface area contributed by atoms with Gasteiger partial charge in [0.15, 0.2) is 11.6 Å². The van der Waals surface area contributed by atoms with Gasteiger partial charge in [-0.2, -0.15) is 4.98 Å². The highest BCUT2D eigenvalue weighted by Gasteiger charge is 2.06. The van der Waals surface area contributed by atoms with Gasteiger partial charge in [-0.1, -0.05) is 20.3 Å². The van der Waals surface area contributed by atoms with Gasteiger partial charge in [0, 0.05) is 6.54 Å². The summed E-state index contributed by atoms with van der Waals surface area (Å²) >= 11 is 5.54. The van der Waals surface area contributed by atoms with Crippen molar-refractivity contribution in [1.82, 2.24) is 9.97 Å². The summed E-state index contributed by atoms with van der Waals surface area (Å²) in [7, 11) is 0. The van der Waals surface area contributed by atoms with Crippen molar-refractivity contribution in [3.8, 4) is 0 Å². The molecule has 0 aliphatic rings. The first-order valence-corrected chi connectivity index (χ1v) is 4.93. The fourth-order valence-electron chi connectivity index (χ4n) is 0.885. The molecule has 1 aromatic heterocycles. The molecule has 0 bridgehead atoms. The van der Waals surface area contributed by atoms with Crippen molar-refractivity contribution in [3.63, 3.8) is 0 Å². The lowest BCUT2D eigenvalue weighted by atomic mass is 10.1. The molecule has 0 aliphatic carbocycles. The van der Waals surface area contributed by atoms with E-state index < -0.39 is 5.82 Å². The molecule has 0 fully saturated rings. The maximum absolute atomic E-state index is 13.1. The van der Waals surface area contributed by atoms with Gasteiger partial charge in [0.25, 0.3) is 0 Å². The van der Waals surface area contributed by atoms with Gasteiger partial charge in [-0.25, -0.2) is 9.37 Å². The predicted octanol–water partition coefficient (Wildman–Crippen LogP) is 2.73. The second-order valence-electron chi connectivity index (χ2n) is 3.23. The first kappa shape index (κ1) is 11.2. The maximum Gasteiger partial charge on any atom is 0.224 e. The third kappa shape index (κ3) is 3.10. The van der Waals surface area contributed by atoms with Crippen molar-refractivity contribution in [2.45, 2.75) is 20.3 Å². The summed E-state index contributed by atoms with van der Waals surface area (Å²) in [6, 6.07) is 0. The molecule has 0 saturated carbocycles. The van der Waals surface area contributed by atoms with Gasteiger partial charge in [-0.15, -0.1) is 0 Å². The highest BCUT2D eigenvalue weighted by Crippen LogP contribution is 2.12. The van der Waals surface area contributed by atoms with Crippen molar-refractivity contribution in [3.05, 3.63) is 17.3 Å². The van der Waals surface area contributed by atoms with Crippen LogP contribution in [-0.4, -0.2) is 16.5 Å². The fourth-order valence-corrected chi connectivity index (χ4v) is 1.02. The van der Waals surface area contributed by atoms with Crippen LogP contribution in [0, 0.1) is 11.7 Å². The third-order valence-electron chi connectivity index (χ3n) is 2.03. The normalized spacial score (nSPS) is 12.6. The van der Waals surface area contributed by atoms with Crippen LogP contribution in [0.2, 0.25) is 5.28 Å². The highest BCUT2D eigenvalue weighted by molar-refractivity contribution is 6.28. The number of nitrogens with one attached hydrogen (secondary N) is 1. The van der Waals surface area contributed by atoms with E-state index in [0.717, 1.165) is 12.6 Å². The monoisotopic (exact) mass is 217 g/mol. The van der Waals surface area contributed by atoms with E-state index in [2.05, 4.69) is 29.1 Å². The number of nitrogens with zero attached hydrogens (tertiary/aromatic N) is 2. The molecule has 1 unspecified atom stereocenters. The number of hydrogen-bond acceptors (Lipinski definition) is 3. The molecule has 0 spiro atoms. The van der Waals surface area contributed by atoms with Gasteiger partial charge in [0.1, 0.15) is 0 Å². The number of aromatic nitrogens is 2. The molecule has 1 rings (SSSR count). The fraction of sp³-hybridized carbons (Fsp3) is 0.556. The molecule has 0 aromatic carbocycles. The van der Waals surface area contributed by atoms with Crippen LogP contribution in [0.25, 0.3) is 0 Å². The average Bonchev–Trinajstić information content (AvgIpc) is 2.19. The van der Waals surface area contributed by atoms with Crippen LogP contribution in [-0.2, 0) is 0 Å². The second kappa shape index (κ2) is 5.10. The Morgan fingerprint density at radius 1 is 1.64 bits per heavy atom. The lowest BCUT2D eigenvalue weighted by Gasteiger charge is -2.10. The quantitative estimate of drug-likeness (QED) is 0.789. The van der Waals surface area contributed by atoms with Gasteiger partial charge in [-0.3, -0.25) is 0 Å². The van der Waals surface area contributed by atoms with Gasteiger partial charge >= 0.3 is 0 Å². The number of hydrogen-bond donors (Lipinski definition) is 1. The van der Waals surface area contributed by atoms with E-state index in [-0.39, 0.29) is 11.1 Å². The van der Waals surface area contributed by atoms with Gasteiger partial charge in [0.05, 0.1) is 6.20 Å². The van der Waals surface area contributed by atoms with Crippen molar-refractivity contribution in [2.75, 3.05) is 11.9 Å². The number of rotatable bonds is 4. The number of halogens is 2. The van der Waals surface area contributed by atoms with Crippen molar-refractivity contribution >= 4 is 17.4 Å². The molecule has 0 amide bonds. The van der Waals surface area contributed by atoms with Crippen molar-refractivity contribution < 1.29 is 4.39 Å². The summed E-state index contributed by atoms with van der Waals surface area (Å²) in [5.74, 6) is 0.172. The van der Waals surface area contributed by atoms with E-state index in [1.54, 1.807) is 0 Å². The molecule has 0 aliphatic heterocycles. The van der Waals surface area contributed by atoms with Crippen LogP contribution in [0.3, 0.4) is 0 Å². The molecule has 1 aromatic rings. The SMILES string of the molecule is CCC(C)CNc1nc(Cl)ncc1F. The Morgan fingerprint density at radius 3 is 3.00 bits per heavy atom. The van der Waals surface area contributed by atoms with E-state index in [1.165, 1.54) is 0 Å². The predicted molar refractivity (Wildman–Crippen MR) is 54.9 cm³/mol. The first-order chi connectivity index (χ1) is 6.63. The summed E-state index contributed by atoms with van der Waals surface area (Å²) < 4.78 is 13.1. The van der Waals surface area contributed by atoms with Crippen LogP contribution in [0.15, 0.2) is 6.20 Å². The molecule has 3 nitrogen and oxygen atoms in total. The zero-order chi connectivity index (χ0) is 10.6. The molecule has 1 N–H and O–H groups in total. The number of anilines is 1. The summed E-state index contributed by atoms with van der Waals surface area (Å²) in [5, 5.41) is 2.95. The van der Waals surface area contributed by atoms with Crippen LogP contribution in [0.4, 0.5) is 10.2 Å². The summed E-state index contributed by atoms with van der Waals surface area (Å²) in [5.41, 5.74) is 0. The van der Waals surface area contributed by atoms with Crippen LogP contribution in [0.5, 0.6) is 0 Å². The second-order valence-corrected chi connectivity index (χ2v) is 3.57. The van der Waals surface area contributed by atoms with Gasteiger partial charge in [-0.05, 0) is 17.5 Å². The minimum atomic E-state index is -0.474. The zero-order valence-electron chi connectivity index (χ0n) is 8.22. The molecular weight excluding hydrogens is 205 g/mol. The minimum absolute atomic E-state index is 0.0538. The smallest absolute Gasteiger partial charge is 0.224 e. The molecule has 0 saturated heterocycles. The van der Waals surface area contributed by atoms with E-state index in [1.807, 2.05) is 0 Å². The molecule has 78 valence electrons. The Labute approximate surface area is 87.7 Å². The van der Waals surface area contributed by atoms with Gasteiger partial charge < -0.3 is 5.32 Å². The van der Waals surface area contributed by atoms with Crippen molar-refractivity contribution in [2.24, 2.45) is 5.92 Å². The Bertz CT molecular complexity index is 306. The van der Waals surface area contributed by atoms with Crippen LogP contribution < -0.4 is 5.32 Å². The maximum atomic E-state index is 13.1. The third-order valence-corrected chi connectivity index (χ3v) is 2.21. The zero-order valence-corrected chi connectivity index (χ0v) is 8.98. The summed E-state index contributed by atoms with van der Waals surface area (Å²) in [6.07, 6.45) is 2.10. The van der Waals surface area contributed by atoms with Gasteiger partial charge in [0.2, 0.25) is 5.28 Å². The van der Waals surface area contributed by atoms with Crippen LogP contribution in [0.1, 0.15) is 20.3 Å². The average molecular weight is 218 g/mol. The highest BCUT2D eigenvalue weighted by atomic mass is 35.5. The summed E-state index contributed by atoms with van der Waals surface area (Å²) in [4.78, 5) is 7.27. The standard InChI is InChI=1S/C9H13ClFN3/c1-3-6(2)4-12-8-7(11)5-13-9(10)14-8/h5-6H,3-4H2,1-2H3,(H,12,13,14). The Morgan fingerprint density at radius 2 is 2.36 bits per heavy atom. The van der Waals surface area contributed by atoms with Crippen LogP contribution >= 0.6 is 11.6 Å². The molecule has 14 heavy (non-hydrogen) atoms. The Hall–Kier alpha value is -0.900. The van der Waals surface area contributed by atoms with E-state index in [0.29, 0.717) is 12.5 Å². The first-order valence-electron chi connectivity index (χ1n) is 4.55. The molecular formula is C9H13ClFN3. The molecule has 5 heteroatoms. The lowest BCUT2D eigenvalue weighted by Crippen LogP contribution is -2.12. The Kier molecular flexibility index (Phi) is 4.07. The van der Waals surface area contributed by atoms with Crippen molar-refractivity contribution in [1.29, 1.82) is 0 Å². The van der Waals surface area contributed by atoms with E-state index >= 15 is 0 Å². The molecule has 1 atom stereocenters. The topological polar surface area (TPSA) is 37.8 Å². The largest absolute Gasteiger partial charge is 0.367 e. The molecule has 0 radical (unpaired) electrons. The van der Waals surface area contributed by atoms with E-state index in [9.17, 15) is 4.39 Å². The Balaban J connectivity index is 2.62. The minimum Gasteiger partial charge on any atom is -0.367 e. The lowest BCUT2D eigenvalue weighted by molar-refractivity contribution is 0.580.